The number of benzene rings is 3. The van der Waals surface area contributed by atoms with E-state index in [-0.39, 0.29) is 28.7 Å². The minimum absolute atomic E-state index is 0.0443. The van der Waals surface area contributed by atoms with E-state index in [0.29, 0.717) is 21.9 Å². The van der Waals surface area contributed by atoms with E-state index in [1.54, 1.807) is 13.0 Å². The molecule has 39 heavy (non-hydrogen) atoms. The van der Waals surface area contributed by atoms with Crippen molar-refractivity contribution in [2.45, 2.75) is 31.7 Å². The van der Waals surface area contributed by atoms with Crippen molar-refractivity contribution in [1.29, 1.82) is 0 Å². The normalized spacial score (nSPS) is 11.8. The van der Waals surface area contributed by atoms with Gasteiger partial charge in [-0.15, -0.1) is 13.2 Å². The van der Waals surface area contributed by atoms with Crippen LogP contribution >= 0.6 is 0 Å². The summed E-state index contributed by atoms with van der Waals surface area (Å²) in [5.41, 5.74) is 1.64. The van der Waals surface area contributed by atoms with Gasteiger partial charge in [0.1, 0.15) is 11.6 Å². The molecule has 8 nitrogen and oxygen atoms in total. The predicted molar refractivity (Wildman–Crippen MR) is 138 cm³/mol. The Kier molecular flexibility index (Phi) is 7.42. The van der Waals surface area contributed by atoms with Gasteiger partial charge in [-0.25, -0.2) is 17.5 Å². The summed E-state index contributed by atoms with van der Waals surface area (Å²) in [4.78, 5) is 15.6. The quantitative estimate of drug-likeness (QED) is 0.288. The number of carbonyl (C=O) groups is 1. The second-order valence-electron chi connectivity index (χ2n) is 8.60. The molecule has 0 aliphatic heterocycles. The number of rotatable bonds is 8. The number of ether oxygens (including phenoxy) is 2. The highest BCUT2D eigenvalue weighted by atomic mass is 32.2. The zero-order chi connectivity index (χ0) is 28.5. The maximum atomic E-state index is 14.0. The lowest BCUT2D eigenvalue weighted by atomic mass is 10.0. The molecule has 0 bridgehead atoms. The summed E-state index contributed by atoms with van der Waals surface area (Å²) in [7, 11) is -2.94. The Labute approximate surface area is 222 Å². The van der Waals surface area contributed by atoms with Gasteiger partial charge in [-0.1, -0.05) is 30.3 Å². The molecule has 0 aliphatic carbocycles. The van der Waals surface area contributed by atoms with Gasteiger partial charge in [0.05, 0.1) is 24.1 Å². The maximum absolute atomic E-state index is 14.0. The van der Waals surface area contributed by atoms with E-state index in [0.717, 1.165) is 22.0 Å². The van der Waals surface area contributed by atoms with Gasteiger partial charge in [-0.2, -0.15) is 4.98 Å². The maximum Gasteiger partial charge on any atom is 0.573 e. The van der Waals surface area contributed by atoms with Crippen LogP contribution in [-0.2, 0) is 16.6 Å². The van der Waals surface area contributed by atoms with Crippen LogP contribution < -0.4 is 13.8 Å². The standard InChI is InChI=1S/C27H23F3N2O6S/c1-16-5-4-6-22-17(2)24(31-25(37-3)23(16)22)32(15-18-7-11-20(12-8-18)38-27(28,29)30)39(35,36)21-13-9-19(10-14-21)26(33)34/h4-14H,15H2,1-3H3,(H,33,34). The van der Waals surface area contributed by atoms with Crippen LogP contribution in [0, 0.1) is 13.8 Å². The number of hydrogen-bond donors (Lipinski definition) is 1. The third kappa shape index (κ3) is 5.75. The van der Waals surface area contributed by atoms with Gasteiger partial charge < -0.3 is 14.6 Å². The number of pyridine rings is 1. The average Bonchev–Trinajstić information content (AvgIpc) is 2.88. The summed E-state index contributed by atoms with van der Waals surface area (Å²) in [6.07, 6.45) is -4.88. The molecule has 0 saturated heterocycles. The second kappa shape index (κ2) is 10.4. The van der Waals surface area contributed by atoms with Gasteiger partial charge in [-0.05, 0) is 66.8 Å². The predicted octanol–water partition coefficient (Wildman–Crippen LogP) is 5.85. The Bertz CT molecular complexity index is 1640. The monoisotopic (exact) mass is 560 g/mol. The largest absolute Gasteiger partial charge is 0.573 e. The lowest BCUT2D eigenvalue weighted by molar-refractivity contribution is -0.274. The van der Waals surface area contributed by atoms with Crippen LogP contribution in [0.25, 0.3) is 10.8 Å². The average molecular weight is 561 g/mol. The number of carboxylic acid groups (broad SMARTS) is 1. The number of fused-ring (bicyclic) bond motifs is 1. The molecular weight excluding hydrogens is 537 g/mol. The Morgan fingerprint density at radius 3 is 2.21 bits per heavy atom. The van der Waals surface area contributed by atoms with Crippen LogP contribution in [0.3, 0.4) is 0 Å². The Balaban J connectivity index is 1.88. The van der Waals surface area contributed by atoms with Gasteiger partial charge >= 0.3 is 12.3 Å². The lowest BCUT2D eigenvalue weighted by Crippen LogP contribution is -2.32. The minimum Gasteiger partial charge on any atom is -0.480 e. The molecule has 0 unspecified atom stereocenters. The fourth-order valence-corrected chi connectivity index (χ4v) is 5.60. The zero-order valence-electron chi connectivity index (χ0n) is 21.0. The molecule has 0 radical (unpaired) electrons. The SMILES string of the molecule is COc1nc(N(Cc2ccc(OC(F)(F)F)cc2)S(=O)(=O)c2ccc(C(=O)O)cc2)c(C)c2cccc(C)c12. The number of aromatic carboxylic acids is 1. The van der Waals surface area contributed by atoms with E-state index in [4.69, 9.17) is 4.74 Å². The van der Waals surface area contributed by atoms with Crippen LogP contribution in [0.4, 0.5) is 19.0 Å². The van der Waals surface area contributed by atoms with Gasteiger partial charge in [0.25, 0.3) is 10.0 Å². The van der Waals surface area contributed by atoms with E-state index >= 15 is 0 Å². The fraction of sp³-hybridized carbons (Fsp3) is 0.185. The van der Waals surface area contributed by atoms with Gasteiger partial charge in [0.2, 0.25) is 5.88 Å². The van der Waals surface area contributed by atoms with Crippen LogP contribution in [0.5, 0.6) is 11.6 Å². The topological polar surface area (TPSA) is 106 Å². The van der Waals surface area contributed by atoms with E-state index in [1.807, 2.05) is 19.1 Å². The van der Waals surface area contributed by atoms with Crippen molar-refractivity contribution in [2.75, 3.05) is 11.4 Å². The van der Waals surface area contributed by atoms with E-state index in [2.05, 4.69) is 9.72 Å². The van der Waals surface area contributed by atoms with Gasteiger partial charge in [0.15, 0.2) is 0 Å². The first-order valence-electron chi connectivity index (χ1n) is 11.5. The number of aromatic nitrogens is 1. The van der Waals surface area contributed by atoms with Crippen molar-refractivity contribution in [1.82, 2.24) is 4.98 Å². The molecule has 3 aromatic carbocycles. The highest BCUT2D eigenvalue weighted by Crippen LogP contribution is 2.37. The number of halogens is 3. The van der Waals surface area contributed by atoms with E-state index < -0.39 is 28.1 Å². The molecule has 0 atom stereocenters. The summed E-state index contributed by atoms with van der Waals surface area (Å²) in [5.74, 6) is -1.44. The van der Waals surface area contributed by atoms with E-state index in [9.17, 15) is 31.5 Å². The van der Waals surface area contributed by atoms with Crippen molar-refractivity contribution in [3.8, 4) is 11.6 Å². The summed E-state index contributed by atoms with van der Waals surface area (Å²) in [6, 6.07) is 15.0. The van der Waals surface area contributed by atoms with Crippen molar-refractivity contribution < 1.29 is 41.0 Å². The fourth-order valence-electron chi connectivity index (χ4n) is 4.14. The molecule has 12 heteroatoms. The molecule has 1 aromatic heterocycles. The van der Waals surface area contributed by atoms with Crippen LogP contribution in [-0.4, -0.2) is 37.9 Å². The van der Waals surface area contributed by atoms with Crippen LogP contribution in [0.1, 0.15) is 27.0 Å². The number of hydrogen-bond acceptors (Lipinski definition) is 6. The molecule has 4 rings (SSSR count). The summed E-state index contributed by atoms with van der Waals surface area (Å²) < 4.78 is 76.1. The third-order valence-electron chi connectivity index (χ3n) is 6.04. The number of carboxylic acids is 1. The van der Waals surface area contributed by atoms with Gasteiger partial charge in [0, 0.05) is 10.9 Å². The van der Waals surface area contributed by atoms with Crippen molar-refractivity contribution in [2.24, 2.45) is 0 Å². The number of anilines is 1. The third-order valence-corrected chi connectivity index (χ3v) is 7.79. The summed E-state index contributed by atoms with van der Waals surface area (Å²) in [6.45, 7) is 3.28. The first-order chi connectivity index (χ1) is 18.3. The van der Waals surface area contributed by atoms with Crippen molar-refractivity contribution >= 4 is 32.6 Å². The highest BCUT2D eigenvalue weighted by molar-refractivity contribution is 7.92. The molecule has 1 N–H and O–H groups in total. The first kappa shape index (κ1) is 27.7. The Morgan fingerprint density at radius 2 is 1.64 bits per heavy atom. The lowest BCUT2D eigenvalue weighted by Gasteiger charge is -2.27. The number of methoxy groups -OCH3 is 1. The molecule has 1 heterocycles. The number of aryl methyl sites for hydroxylation is 2. The number of nitrogens with zero attached hydrogens (tertiary/aromatic N) is 2. The van der Waals surface area contributed by atoms with Crippen molar-refractivity contribution in [3.05, 3.63) is 89.0 Å². The molecular formula is C27H23F3N2O6S. The Morgan fingerprint density at radius 1 is 1.00 bits per heavy atom. The highest BCUT2D eigenvalue weighted by Gasteiger charge is 2.32. The zero-order valence-corrected chi connectivity index (χ0v) is 21.8. The van der Waals surface area contributed by atoms with Crippen molar-refractivity contribution in [3.63, 3.8) is 0 Å². The Hall–Kier alpha value is -4.32. The number of sulfonamides is 1. The molecule has 4 aromatic rings. The molecule has 0 amide bonds. The van der Waals surface area contributed by atoms with Gasteiger partial charge in [-0.3, -0.25) is 0 Å². The molecule has 0 spiro atoms. The summed E-state index contributed by atoms with van der Waals surface area (Å²) in [5, 5.41) is 10.6. The first-order valence-corrected chi connectivity index (χ1v) is 12.9. The van der Waals surface area contributed by atoms with E-state index in [1.165, 1.54) is 43.5 Å². The van der Waals surface area contributed by atoms with Crippen LogP contribution in [0.2, 0.25) is 0 Å². The second-order valence-corrected chi connectivity index (χ2v) is 10.5. The minimum atomic E-state index is -4.88. The summed E-state index contributed by atoms with van der Waals surface area (Å²) >= 11 is 0. The number of alkyl halides is 3. The van der Waals surface area contributed by atoms with Crippen LogP contribution in [0.15, 0.2) is 71.6 Å². The molecule has 0 fully saturated rings. The molecule has 0 saturated carbocycles. The molecule has 204 valence electrons. The molecule has 0 aliphatic rings. The smallest absolute Gasteiger partial charge is 0.480 e.